The minimum atomic E-state index is -0.142. The van der Waals surface area contributed by atoms with Crippen molar-refractivity contribution in [1.82, 2.24) is 15.0 Å². The summed E-state index contributed by atoms with van der Waals surface area (Å²) in [7, 11) is 0. The summed E-state index contributed by atoms with van der Waals surface area (Å²) in [6.45, 7) is 6.41. The van der Waals surface area contributed by atoms with Crippen LogP contribution >= 0.6 is 11.3 Å². The summed E-state index contributed by atoms with van der Waals surface area (Å²) in [4.78, 5) is 14.0. The monoisotopic (exact) mass is 293 g/mol. The lowest BCUT2D eigenvalue weighted by molar-refractivity contribution is 0.256. The van der Waals surface area contributed by atoms with Crippen molar-refractivity contribution in [3.8, 4) is 5.75 Å². The highest BCUT2D eigenvalue weighted by atomic mass is 32.1. The molecule has 0 unspecified atom stereocenters. The molecule has 0 amide bonds. The van der Waals surface area contributed by atoms with Crippen molar-refractivity contribution < 1.29 is 9.84 Å². The molecule has 6 heteroatoms. The van der Waals surface area contributed by atoms with E-state index in [1.54, 1.807) is 17.5 Å². The Morgan fingerprint density at radius 1 is 1.35 bits per heavy atom. The molecule has 0 atom stereocenters. The van der Waals surface area contributed by atoms with Crippen LogP contribution in [0.2, 0.25) is 0 Å². The topological polar surface area (TPSA) is 68.1 Å². The van der Waals surface area contributed by atoms with Gasteiger partial charge in [-0.2, -0.15) is 0 Å². The first-order valence-corrected chi connectivity index (χ1v) is 7.48. The summed E-state index contributed by atoms with van der Waals surface area (Å²) in [6.07, 6.45) is 2.45. The molecule has 2 rings (SSSR count). The van der Waals surface area contributed by atoms with E-state index < -0.39 is 0 Å². The Balaban J connectivity index is 2.00. The number of thiazole rings is 1. The number of aliphatic hydroxyl groups is 1. The normalized spacial score (nSPS) is 11.1. The second-order valence-electron chi connectivity index (χ2n) is 4.81. The Kier molecular flexibility index (Phi) is 5.03. The summed E-state index contributed by atoms with van der Waals surface area (Å²) in [5, 5.41) is 9.37. The Bertz CT molecular complexity index is 569. The van der Waals surface area contributed by atoms with Crippen molar-refractivity contribution in [2.75, 3.05) is 6.61 Å². The lowest BCUT2D eigenvalue weighted by Crippen LogP contribution is -2.08. The van der Waals surface area contributed by atoms with Gasteiger partial charge in [-0.1, -0.05) is 13.8 Å². The molecular formula is C14H19N3O2S. The fourth-order valence-corrected chi connectivity index (χ4v) is 2.52. The first-order chi connectivity index (χ1) is 9.61. The van der Waals surface area contributed by atoms with Crippen molar-refractivity contribution in [2.45, 2.75) is 39.7 Å². The van der Waals surface area contributed by atoms with Gasteiger partial charge < -0.3 is 9.84 Å². The predicted molar refractivity (Wildman–Crippen MR) is 78.1 cm³/mol. The zero-order chi connectivity index (χ0) is 14.5. The van der Waals surface area contributed by atoms with Crippen LogP contribution in [0, 0.1) is 6.92 Å². The molecule has 0 spiro atoms. The quantitative estimate of drug-likeness (QED) is 0.886. The van der Waals surface area contributed by atoms with Gasteiger partial charge in [-0.05, 0) is 6.92 Å². The zero-order valence-corrected chi connectivity index (χ0v) is 12.8. The number of nitrogens with zero attached hydrogens (tertiary/aromatic N) is 3. The van der Waals surface area contributed by atoms with Crippen LogP contribution < -0.4 is 4.74 Å². The van der Waals surface area contributed by atoms with Gasteiger partial charge in [0.05, 0.1) is 30.6 Å². The summed E-state index contributed by atoms with van der Waals surface area (Å²) in [5.74, 6) is 1.51. The molecule has 0 aromatic carbocycles. The largest absolute Gasteiger partial charge is 0.490 e. The highest BCUT2D eigenvalue weighted by molar-refractivity contribution is 7.09. The molecule has 2 aromatic heterocycles. The van der Waals surface area contributed by atoms with Crippen LogP contribution in [0.5, 0.6) is 5.75 Å². The standard InChI is InChI=1S/C14H19N3O2S/c1-9(2)14-15-6-12(11(7-18)17-14)19-5-4-13-10(3)16-8-20-13/h6,8-9,18H,4-5,7H2,1-3H3. The van der Waals surface area contributed by atoms with Crippen molar-refractivity contribution in [2.24, 2.45) is 0 Å². The molecule has 0 radical (unpaired) electrons. The molecule has 0 saturated heterocycles. The van der Waals surface area contributed by atoms with Crippen molar-refractivity contribution in [1.29, 1.82) is 0 Å². The van der Waals surface area contributed by atoms with Gasteiger partial charge in [0.2, 0.25) is 0 Å². The SMILES string of the molecule is Cc1ncsc1CCOc1cnc(C(C)C)nc1CO. The highest BCUT2D eigenvalue weighted by Crippen LogP contribution is 2.19. The summed E-state index contributed by atoms with van der Waals surface area (Å²) < 4.78 is 5.68. The van der Waals surface area contributed by atoms with Gasteiger partial charge in [0.15, 0.2) is 5.75 Å². The van der Waals surface area contributed by atoms with Gasteiger partial charge in [0.25, 0.3) is 0 Å². The zero-order valence-electron chi connectivity index (χ0n) is 12.0. The van der Waals surface area contributed by atoms with Crippen molar-refractivity contribution in [3.63, 3.8) is 0 Å². The number of aryl methyl sites for hydroxylation is 1. The molecule has 5 nitrogen and oxygen atoms in total. The number of hydrogen-bond acceptors (Lipinski definition) is 6. The number of hydrogen-bond donors (Lipinski definition) is 1. The van der Waals surface area contributed by atoms with Gasteiger partial charge >= 0.3 is 0 Å². The average molecular weight is 293 g/mol. The third-order valence-corrected chi connectivity index (χ3v) is 3.94. The van der Waals surface area contributed by atoms with Crippen LogP contribution in [0.25, 0.3) is 0 Å². The van der Waals surface area contributed by atoms with Crippen LogP contribution in [-0.4, -0.2) is 26.7 Å². The Hall–Kier alpha value is -1.53. The van der Waals surface area contributed by atoms with E-state index in [9.17, 15) is 5.11 Å². The number of ether oxygens (including phenoxy) is 1. The van der Waals surface area contributed by atoms with Gasteiger partial charge in [0, 0.05) is 17.2 Å². The molecule has 0 saturated carbocycles. The molecule has 0 aliphatic heterocycles. The molecular weight excluding hydrogens is 274 g/mol. The van der Waals surface area contributed by atoms with E-state index in [0.29, 0.717) is 18.1 Å². The Labute approximate surface area is 122 Å². The van der Waals surface area contributed by atoms with E-state index >= 15 is 0 Å². The van der Waals surface area contributed by atoms with Gasteiger partial charge in [0.1, 0.15) is 11.5 Å². The molecule has 1 N–H and O–H groups in total. The summed E-state index contributed by atoms with van der Waals surface area (Å²) >= 11 is 1.63. The fourth-order valence-electron chi connectivity index (χ4n) is 1.75. The lowest BCUT2D eigenvalue weighted by atomic mass is 10.2. The summed E-state index contributed by atoms with van der Waals surface area (Å²) in [6, 6.07) is 0. The Morgan fingerprint density at radius 2 is 2.15 bits per heavy atom. The minimum absolute atomic E-state index is 0.142. The average Bonchev–Trinajstić information content (AvgIpc) is 2.84. The van der Waals surface area contributed by atoms with Crippen LogP contribution in [0.3, 0.4) is 0 Å². The maximum atomic E-state index is 9.37. The lowest BCUT2D eigenvalue weighted by Gasteiger charge is -2.11. The molecule has 20 heavy (non-hydrogen) atoms. The second-order valence-corrected chi connectivity index (χ2v) is 5.75. The number of rotatable bonds is 6. The summed E-state index contributed by atoms with van der Waals surface area (Å²) in [5.41, 5.74) is 3.43. The fraction of sp³-hybridized carbons (Fsp3) is 0.500. The van der Waals surface area contributed by atoms with Crippen molar-refractivity contribution in [3.05, 3.63) is 33.8 Å². The molecule has 0 fully saturated rings. The van der Waals surface area contributed by atoms with Crippen LogP contribution in [0.1, 0.15) is 41.9 Å². The maximum absolute atomic E-state index is 9.37. The smallest absolute Gasteiger partial charge is 0.161 e. The molecule has 0 bridgehead atoms. The second kappa shape index (κ2) is 6.76. The first-order valence-electron chi connectivity index (χ1n) is 6.60. The molecule has 2 aromatic rings. The van der Waals surface area contributed by atoms with Crippen LogP contribution in [-0.2, 0) is 13.0 Å². The Morgan fingerprint density at radius 3 is 2.75 bits per heavy atom. The van der Waals surface area contributed by atoms with E-state index in [4.69, 9.17) is 4.74 Å². The van der Waals surface area contributed by atoms with E-state index in [0.717, 1.165) is 17.9 Å². The minimum Gasteiger partial charge on any atom is -0.490 e. The van der Waals surface area contributed by atoms with Crippen LogP contribution in [0.15, 0.2) is 11.7 Å². The highest BCUT2D eigenvalue weighted by Gasteiger charge is 2.10. The molecule has 108 valence electrons. The van der Waals surface area contributed by atoms with Gasteiger partial charge in [-0.15, -0.1) is 11.3 Å². The number of aliphatic hydroxyl groups excluding tert-OH is 1. The van der Waals surface area contributed by atoms with E-state index in [2.05, 4.69) is 15.0 Å². The van der Waals surface area contributed by atoms with Crippen molar-refractivity contribution >= 4 is 11.3 Å². The van der Waals surface area contributed by atoms with Gasteiger partial charge in [-0.25, -0.2) is 15.0 Å². The van der Waals surface area contributed by atoms with Gasteiger partial charge in [-0.3, -0.25) is 0 Å². The molecule has 2 heterocycles. The predicted octanol–water partition coefficient (Wildman–Crippen LogP) is 2.48. The molecule has 0 aliphatic rings. The number of aromatic nitrogens is 3. The van der Waals surface area contributed by atoms with E-state index in [1.165, 1.54) is 4.88 Å². The van der Waals surface area contributed by atoms with E-state index in [1.807, 2.05) is 26.3 Å². The molecule has 0 aliphatic carbocycles. The third kappa shape index (κ3) is 3.52. The first kappa shape index (κ1) is 14.9. The maximum Gasteiger partial charge on any atom is 0.161 e. The van der Waals surface area contributed by atoms with Crippen LogP contribution in [0.4, 0.5) is 0 Å². The third-order valence-electron chi connectivity index (χ3n) is 2.95. The van der Waals surface area contributed by atoms with E-state index in [-0.39, 0.29) is 12.5 Å².